The molecule has 2 nitrogen and oxygen atoms in total. The quantitative estimate of drug-likeness (QED) is 0.441. The van der Waals surface area contributed by atoms with E-state index in [0.717, 1.165) is 10.8 Å². The van der Waals surface area contributed by atoms with Crippen LogP contribution in [0.1, 0.15) is 27.2 Å². The van der Waals surface area contributed by atoms with Crippen molar-refractivity contribution >= 4 is 28.6 Å². The van der Waals surface area contributed by atoms with Gasteiger partial charge in [-0.2, -0.15) is 0 Å². The molecule has 3 atom stereocenters. The monoisotopic (exact) mass is 282 g/mol. The van der Waals surface area contributed by atoms with Gasteiger partial charge in [-0.1, -0.05) is 36.4 Å². The van der Waals surface area contributed by atoms with Crippen LogP contribution in [0.25, 0.3) is 0 Å². The molecule has 0 aromatic carbocycles. The first-order valence-corrected chi connectivity index (χ1v) is 5.86. The summed E-state index contributed by atoms with van der Waals surface area (Å²) in [5, 5.41) is 0. The average Bonchev–Trinajstić information content (AvgIpc) is 2.25. The molecule has 1 aliphatic heterocycles. The van der Waals surface area contributed by atoms with Crippen LogP contribution in [0.5, 0.6) is 0 Å². The van der Waals surface area contributed by atoms with Gasteiger partial charge in [0.1, 0.15) is 5.60 Å². The maximum absolute atomic E-state index is 11.4. The molecule has 1 saturated heterocycles. The van der Waals surface area contributed by atoms with E-state index >= 15 is 0 Å². The normalized spacial score (nSPS) is 41.5. The Hall–Kier alpha value is 0.200. The molecule has 0 amide bonds. The van der Waals surface area contributed by atoms with Crippen molar-refractivity contribution in [3.05, 3.63) is 0 Å². The van der Waals surface area contributed by atoms with Crippen LogP contribution in [-0.2, 0) is 9.53 Å². The summed E-state index contributed by atoms with van der Waals surface area (Å²) in [7, 11) is 0. The number of carbonyl (C=O) groups excluding carboxylic acids is 1. The zero-order valence-corrected chi connectivity index (χ0v) is 9.92. The Morgan fingerprint density at radius 3 is 2.50 bits per heavy atom. The Labute approximate surface area is 87.2 Å². The predicted molar refractivity (Wildman–Crippen MR) is 56.3 cm³/mol. The topological polar surface area (TPSA) is 26.3 Å². The fourth-order valence-electron chi connectivity index (χ4n) is 1.70. The lowest BCUT2D eigenvalue weighted by Gasteiger charge is -2.25. The third-order valence-corrected chi connectivity index (χ3v) is 4.42. The van der Waals surface area contributed by atoms with E-state index in [1.54, 1.807) is 0 Å². The molecule has 0 unspecified atom stereocenters. The van der Waals surface area contributed by atoms with E-state index < -0.39 is 0 Å². The van der Waals surface area contributed by atoms with Crippen LogP contribution < -0.4 is 0 Å². The van der Waals surface area contributed by atoms with E-state index in [2.05, 4.69) is 29.5 Å². The maximum Gasteiger partial charge on any atom is 0.309 e. The van der Waals surface area contributed by atoms with Crippen LogP contribution >= 0.6 is 22.6 Å². The summed E-state index contributed by atoms with van der Waals surface area (Å²) < 4.78 is 6.25. The highest BCUT2D eigenvalue weighted by Crippen LogP contribution is 2.39. The summed E-state index contributed by atoms with van der Waals surface area (Å²) in [6.45, 7) is 6.18. The van der Waals surface area contributed by atoms with Gasteiger partial charge in [-0.3, -0.25) is 4.79 Å². The SMILES string of the molecule is CC[C@@H]1C(=O)O[C@](C)(CI)[C@@H]1C. The highest BCUT2D eigenvalue weighted by atomic mass is 127. The summed E-state index contributed by atoms with van der Waals surface area (Å²) in [5.41, 5.74) is -0.224. The second-order valence-corrected chi connectivity index (χ2v) is 4.43. The molecular weight excluding hydrogens is 267 g/mol. The Morgan fingerprint density at radius 1 is 1.67 bits per heavy atom. The largest absolute Gasteiger partial charge is 0.458 e. The number of hydrogen-bond acceptors (Lipinski definition) is 2. The zero-order chi connectivity index (χ0) is 9.35. The van der Waals surface area contributed by atoms with Crippen molar-refractivity contribution in [1.82, 2.24) is 0 Å². The molecule has 0 aliphatic carbocycles. The van der Waals surface area contributed by atoms with E-state index in [4.69, 9.17) is 4.74 Å². The molecule has 0 radical (unpaired) electrons. The molecule has 0 bridgehead atoms. The van der Waals surface area contributed by atoms with Gasteiger partial charge in [0.25, 0.3) is 0 Å². The second-order valence-electron chi connectivity index (χ2n) is 3.67. The number of esters is 1. The smallest absolute Gasteiger partial charge is 0.309 e. The molecule has 0 saturated carbocycles. The van der Waals surface area contributed by atoms with Crippen molar-refractivity contribution < 1.29 is 9.53 Å². The molecule has 0 aromatic rings. The third kappa shape index (κ3) is 1.47. The van der Waals surface area contributed by atoms with Crippen LogP contribution in [-0.4, -0.2) is 16.0 Å². The minimum atomic E-state index is -0.224. The van der Waals surface area contributed by atoms with Crippen LogP contribution in [0.15, 0.2) is 0 Å². The highest BCUT2D eigenvalue weighted by molar-refractivity contribution is 14.1. The Kier molecular flexibility index (Phi) is 3.01. The number of ether oxygens (including phenoxy) is 1. The number of rotatable bonds is 2. The van der Waals surface area contributed by atoms with Crippen LogP contribution in [0, 0.1) is 11.8 Å². The highest BCUT2D eigenvalue weighted by Gasteiger charge is 2.48. The lowest BCUT2D eigenvalue weighted by molar-refractivity contribution is -0.148. The lowest BCUT2D eigenvalue weighted by atomic mass is 9.83. The fraction of sp³-hybridized carbons (Fsp3) is 0.889. The van der Waals surface area contributed by atoms with Gasteiger partial charge in [-0.15, -0.1) is 0 Å². The summed E-state index contributed by atoms with van der Waals surface area (Å²) in [6, 6.07) is 0. The molecular formula is C9H15IO2. The van der Waals surface area contributed by atoms with Crippen molar-refractivity contribution in [3.63, 3.8) is 0 Å². The van der Waals surface area contributed by atoms with Gasteiger partial charge in [-0.05, 0) is 13.3 Å². The first kappa shape index (κ1) is 10.3. The summed E-state index contributed by atoms with van der Waals surface area (Å²) in [6.07, 6.45) is 0.895. The third-order valence-electron chi connectivity index (χ3n) is 2.91. The Morgan fingerprint density at radius 2 is 2.25 bits per heavy atom. The zero-order valence-electron chi connectivity index (χ0n) is 7.76. The molecule has 1 heterocycles. The minimum Gasteiger partial charge on any atom is -0.458 e. The molecule has 1 rings (SSSR count). The van der Waals surface area contributed by atoms with Crippen molar-refractivity contribution in [3.8, 4) is 0 Å². The maximum atomic E-state index is 11.4. The minimum absolute atomic E-state index is 0.0100. The molecule has 3 heteroatoms. The van der Waals surface area contributed by atoms with Gasteiger partial charge in [0, 0.05) is 10.3 Å². The summed E-state index contributed by atoms with van der Waals surface area (Å²) >= 11 is 2.28. The van der Waals surface area contributed by atoms with Crippen LogP contribution in [0.2, 0.25) is 0 Å². The number of hydrogen-bond donors (Lipinski definition) is 0. The number of cyclic esters (lactones) is 1. The summed E-state index contributed by atoms with van der Waals surface area (Å²) in [4.78, 5) is 11.4. The number of carbonyl (C=O) groups is 1. The molecule has 1 fully saturated rings. The predicted octanol–water partition coefficient (Wildman–Crippen LogP) is 2.40. The summed E-state index contributed by atoms with van der Waals surface area (Å²) in [5.74, 6) is 0.459. The standard InChI is InChI=1S/C9H15IO2/c1-4-7-6(2)9(3,5-10)12-8(7)11/h6-7H,4-5H2,1-3H3/t6-,7+,9-/m1/s1. The number of halogens is 1. The van der Waals surface area contributed by atoms with Crippen LogP contribution in [0.3, 0.4) is 0 Å². The molecule has 70 valence electrons. The average molecular weight is 282 g/mol. The van der Waals surface area contributed by atoms with Gasteiger partial charge in [0.15, 0.2) is 0 Å². The van der Waals surface area contributed by atoms with Gasteiger partial charge < -0.3 is 4.74 Å². The first-order chi connectivity index (χ1) is 5.55. The molecule has 0 aromatic heterocycles. The molecule has 0 spiro atoms. The van der Waals surface area contributed by atoms with E-state index in [1.165, 1.54) is 0 Å². The van der Waals surface area contributed by atoms with Crippen molar-refractivity contribution in [1.29, 1.82) is 0 Å². The first-order valence-electron chi connectivity index (χ1n) is 4.34. The molecule has 12 heavy (non-hydrogen) atoms. The van der Waals surface area contributed by atoms with E-state index in [0.29, 0.717) is 5.92 Å². The van der Waals surface area contributed by atoms with Gasteiger partial charge in [-0.25, -0.2) is 0 Å². The van der Waals surface area contributed by atoms with Crippen LogP contribution in [0.4, 0.5) is 0 Å². The fourth-order valence-corrected chi connectivity index (χ4v) is 2.55. The second kappa shape index (κ2) is 3.52. The van der Waals surface area contributed by atoms with Crippen molar-refractivity contribution in [2.24, 2.45) is 11.8 Å². The van der Waals surface area contributed by atoms with Gasteiger partial charge in [0.05, 0.1) is 5.92 Å². The Bertz CT molecular complexity index is 193. The molecule has 0 N–H and O–H groups in total. The van der Waals surface area contributed by atoms with Gasteiger partial charge >= 0.3 is 5.97 Å². The Balaban J connectivity index is 2.81. The van der Waals surface area contributed by atoms with E-state index in [-0.39, 0.29) is 17.5 Å². The number of alkyl halides is 1. The van der Waals surface area contributed by atoms with Crippen molar-refractivity contribution in [2.45, 2.75) is 32.8 Å². The van der Waals surface area contributed by atoms with Crippen molar-refractivity contribution in [2.75, 3.05) is 4.43 Å². The molecule has 1 aliphatic rings. The van der Waals surface area contributed by atoms with E-state index in [1.807, 2.05) is 13.8 Å². The lowest BCUT2D eigenvalue weighted by Crippen LogP contribution is -2.33. The van der Waals surface area contributed by atoms with Gasteiger partial charge in [0.2, 0.25) is 0 Å². The van der Waals surface area contributed by atoms with E-state index in [9.17, 15) is 4.79 Å².